The molecule has 0 saturated heterocycles. The van der Waals surface area contributed by atoms with Gasteiger partial charge in [-0.05, 0) is 29.0 Å². The highest BCUT2D eigenvalue weighted by Crippen LogP contribution is 2.20. The molecule has 1 atom stereocenters. The lowest BCUT2D eigenvalue weighted by molar-refractivity contribution is -0.119. The first-order chi connectivity index (χ1) is 14.8. The molecule has 0 bridgehead atoms. The molecule has 2 aromatic carbocycles. The predicted octanol–water partition coefficient (Wildman–Crippen LogP) is 4.65. The highest BCUT2D eigenvalue weighted by atomic mass is 32.2. The zero-order valence-corrected chi connectivity index (χ0v) is 18.0. The van der Waals surface area contributed by atoms with Crippen LogP contribution in [0.2, 0.25) is 0 Å². The van der Waals surface area contributed by atoms with E-state index in [2.05, 4.69) is 38.7 Å². The maximum absolute atomic E-state index is 12.7. The van der Waals surface area contributed by atoms with E-state index in [0.29, 0.717) is 5.16 Å². The topological polar surface area (TPSA) is 70.7 Å². The Labute approximate surface area is 184 Å². The summed E-state index contributed by atoms with van der Waals surface area (Å²) in [5, 5.41) is 13.0. The van der Waals surface area contributed by atoms with Crippen LogP contribution in [0.4, 0.5) is 0 Å². The second-order valence-corrected chi connectivity index (χ2v) is 8.80. The van der Waals surface area contributed by atoms with Gasteiger partial charge in [-0.1, -0.05) is 78.5 Å². The molecule has 1 unspecified atom stereocenters. The van der Waals surface area contributed by atoms with Gasteiger partial charge in [0.05, 0.1) is 11.8 Å². The largest absolute Gasteiger partial charge is 0.348 e. The number of aromatic amines is 1. The van der Waals surface area contributed by atoms with Crippen LogP contribution in [0, 0.1) is 0 Å². The second-order valence-electron chi connectivity index (χ2n) is 6.83. The first kappa shape index (κ1) is 20.4. The van der Waals surface area contributed by atoms with Crippen LogP contribution >= 0.6 is 23.1 Å². The molecular weight excluding hydrogens is 412 g/mol. The van der Waals surface area contributed by atoms with Gasteiger partial charge in [-0.25, -0.2) is 4.98 Å². The zero-order chi connectivity index (χ0) is 20.6. The molecule has 4 aromatic rings. The Bertz CT molecular complexity index is 1050. The number of rotatable bonds is 9. The lowest BCUT2D eigenvalue weighted by Crippen LogP contribution is -2.31. The van der Waals surface area contributed by atoms with Crippen LogP contribution in [0.5, 0.6) is 0 Å². The number of aromatic nitrogens is 3. The van der Waals surface area contributed by atoms with Gasteiger partial charge in [-0.15, -0.1) is 16.4 Å². The van der Waals surface area contributed by atoms with E-state index in [0.717, 1.165) is 24.2 Å². The normalized spacial score (nSPS) is 11.9. The number of amides is 1. The Hall–Kier alpha value is -2.90. The average molecular weight is 435 g/mol. The van der Waals surface area contributed by atoms with E-state index < -0.39 is 0 Å². The summed E-state index contributed by atoms with van der Waals surface area (Å²) in [5.41, 5.74) is 2.28. The van der Waals surface area contributed by atoms with Crippen molar-refractivity contribution in [1.82, 2.24) is 20.5 Å². The van der Waals surface area contributed by atoms with Gasteiger partial charge < -0.3 is 5.32 Å². The van der Waals surface area contributed by atoms with Gasteiger partial charge in [-0.3, -0.25) is 9.89 Å². The number of H-pyrrole nitrogens is 1. The second kappa shape index (κ2) is 10.2. The zero-order valence-electron chi connectivity index (χ0n) is 16.3. The monoisotopic (exact) mass is 434 g/mol. The van der Waals surface area contributed by atoms with E-state index in [1.807, 2.05) is 60.0 Å². The van der Waals surface area contributed by atoms with Gasteiger partial charge in [0.1, 0.15) is 5.82 Å². The summed E-state index contributed by atoms with van der Waals surface area (Å²) in [7, 11) is 0. The van der Waals surface area contributed by atoms with Crippen LogP contribution < -0.4 is 5.32 Å². The fourth-order valence-electron chi connectivity index (χ4n) is 3.15. The molecule has 0 aliphatic rings. The summed E-state index contributed by atoms with van der Waals surface area (Å²) in [6, 6.07) is 24.3. The van der Waals surface area contributed by atoms with E-state index >= 15 is 0 Å². The number of carbonyl (C=O) groups is 1. The van der Waals surface area contributed by atoms with Crippen LogP contribution in [0.15, 0.2) is 83.3 Å². The summed E-state index contributed by atoms with van der Waals surface area (Å²) >= 11 is 3.04. The molecule has 7 heteroatoms. The Morgan fingerprint density at radius 1 is 1.03 bits per heavy atom. The standard InChI is InChI=1S/C23H22N4OS2/c28-22(16-30-23-25-21(26-27-23)15-19-12-7-13-29-19)24-20(18-10-5-2-6-11-18)14-17-8-3-1-4-9-17/h1-13,20H,14-16H2,(H,24,28)(H,25,26,27). The van der Waals surface area contributed by atoms with Crippen molar-refractivity contribution in [3.8, 4) is 0 Å². The molecule has 30 heavy (non-hydrogen) atoms. The Balaban J connectivity index is 1.35. The maximum atomic E-state index is 12.7. The SMILES string of the molecule is O=C(CSc1n[nH]c(Cc2cccs2)n1)NC(Cc1ccccc1)c1ccccc1. The Morgan fingerprint density at radius 2 is 1.80 bits per heavy atom. The van der Waals surface area contributed by atoms with Crippen molar-refractivity contribution in [1.29, 1.82) is 0 Å². The fourth-order valence-corrected chi connectivity index (χ4v) is 4.49. The molecule has 4 rings (SSSR count). The third-order valence-corrected chi connectivity index (χ3v) is 6.31. The van der Waals surface area contributed by atoms with E-state index in [9.17, 15) is 4.79 Å². The third-order valence-electron chi connectivity index (χ3n) is 4.59. The molecule has 2 N–H and O–H groups in total. The molecule has 2 heterocycles. The quantitative estimate of drug-likeness (QED) is 0.376. The van der Waals surface area contributed by atoms with Crippen LogP contribution in [0.25, 0.3) is 0 Å². The number of hydrogen-bond acceptors (Lipinski definition) is 5. The van der Waals surface area contributed by atoms with Crippen molar-refractivity contribution in [3.63, 3.8) is 0 Å². The van der Waals surface area contributed by atoms with Crippen molar-refractivity contribution in [2.24, 2.45) is 0 Å². The Kier molecular flexibility index (Phi) is 6.95. The van der Waals surface area contributed by atoms with Crippen molar-refractivity contribution in [3.05, 3.63) is 100 Å². The van der Waals surface area contributed by atoms with Gasteiger partial charge in [-0.2, -0.15) is 0 Å². The Morgan fingerprint density at radius 3 is 2.53 bits per heavy atom. The smallest absolute Gasteiger partial charge is 0.230 e. The molecule has 0 aliphatic heterocycles. The predicted molar refractivity (Wildman–Crippen MR) is 122 cm³/mol. The lowest BCUT2D eigenvalue weighted by Gasteiger charge is -2.19. The average Bonchev–Trinajstić information content (AvgIpc) is 3.46. The number of thioether (sulfide) groups is 1. The highest BCUT2D eigenvalue weighted by molar-refractivity contribution is 7.99. The van der Waals surface area contributed by atoms with Gasteiger partial charge in [0.2, 0.25) is 11.1 Å². The highest BCUT2D eigenvalue weighted by Gasteiger charge is 2.16. The molecule has 0 aliphatic carbocycles. The number of carbonyl (C=O) groups excluding carboxylic acids is 1. The summed E-state index contributed by atoms with van der Waals surface area (Å²) in [4.78, 5) is 18.4. The summed E-state index contributed by atoms with van der Waals surface area (Å²) in [6.07, 6.45) is 1.47. The maximum Gasteiger partial charge on any atom is 0.230 e. The summed E-state index contributed by atoms with van der Waals surface area (Å²) in [5.74, 6) is 1.05. The van der Waals surface area contributed by atoms with Crippen molar-refractivity contribution >= 4 is 29.0 Å². The van der Waals surface area contributed by atoms with Crippen LogP contribution in [-0.2, 0) is 17.6 Å². The van der Waals surface area contributed by atoms with Gasteiger partial charge >= 0.3 is 0 Å². The molecule has 2 aromatic heterocycles. The molecule has 0 spiro atoms. The molecular formula is C23H22N4OS2. The van der Waals surface area contributed by atoms with E-state index in [-0.39, 0.29) is 17.7 Å². The number of benzene rings is 2. The molecule has 0 radical (unpaired) electrons. The van der Waals surface area contributed by atoms with Crippen LogP contribution in [-0.4, -0.2) is 26.8 Å². The first-order valence-corrected chi connectivity index (χ1v) is 11.6. The molecule has 152 valence electrons. The third kappa shape index (κ3) is 5.81. The molecule has 0 fully saturated rings. The lowest BCUT2D eigenvalue weighted by atomic mass is 9.99. The van der Waals surface area contributed by atoms with E-state index in [4.69, 9.17) is 0 Å². The first-order valence-electron chi connectivity index (χ1n) is 9.71. The number of hydrogen-bond donors (Lipinski definition) is 2. The van der Waals surface area contributed by atoms with E-state index in [1.54, 1.807) is 11.3 Å². The minimum Gasteiger partial charge on any atom is -0.348 e. The number of nitrogens with one attached hydrogen (secondary N) is 2. The number of thiophene rings is 1. The minimum atomic E-state index is -0.0803. The number of nitrogens with zero attached hydrogens (tertiary/aromatic N) is 2. The molecule has 1 amide bonds. The van der Waals surface area contributed by atoms with Gasteiger partial charge in [0, 0.05) is 11.3 Å². The minimum absolute atomic E-state index is 0.0330. The van der Waals surface area contributed by atoms with E-state index in [1.165, 1.54) is 22.2 Å². The summed E-state index contributed by atoms with van der Waals surface area (Å²) in [6.45, 7) is 0. The molecule has 0 saturated carbocycles. The van der Waals surface area contributed by atoms with Crippen molar-refractivity contribution in [2.75, 3.05) is 5.75 Å². The van der Waals surface area contributed by atoms with Crippen molar-refractivity contribution in [2.45, 2.75) is 24.0 Å². The van der Waals surface area contributed by atoms with Gasteiger partial charge in [0.15, 0.2) is 0 Å². The van der Waals surface area contributed by atoms with Crippen molar-refractivity contribution < 1.29 is 4.79 Å². The summed E-state index contributed by atoms with van der Waals surface area (Å²) < 4.78 is 0. The van der Waals surface area contributed by atoms with Crippen LogP contribution in [0.1, 0.15) is 27.9 Å². The van der Waals surface area contributed by atoms with Gasteiger partial charge in [0.25, 0.3) is 0 Å². The van der Waals surface area contributed by atoms with Crippen LogP contribution in [0.3, 0.4) is 0 Å². The molecule has 5 nitrogen and oxygen atoms in total. The fraction of sp³-hybridized carbons (Fsp3) is 0.174.